The Bertz CT molecular complexity index is 1470. The summed E-state index contributed by atoms with van der Waals surface area (Å²) in [7, 11) is 3.13. The van der Waals surface area contributed by atoms with Crippen LogP contribution in [0.25, 0.3) is 16.6 Å². The molecule has 0 saturated carbocycles. The van der Waals surface area contributed by atoms with Crippen molar-refractivity contribution < 1.29 is 14.3 Å². The second-order valence-corrected chi connectivity index (χ2v) is 9.04. The molecule has 37 heavy (non-hydrogen) atoms. The van der Waals surface area contributed by atoms with E-state index in [1.54, 1.807) is 61.6 Å². The van der Waals surface area contributed by atoms with Gasteiger partial charge in [-0.1, -0.05) is 29.8 Å². The summed E-state index contributed by atoms with van der Waals surface area (Å²) in [6.07, 6.45) is 0. The number of nitrogens with zero attached hydrogens (tertiary/aromatic N) is 3. The Balaban J connectivity index is 1.87. The lowest BCUT2D eigenvalue weighted by Crippen LogP contribution is -2.41. The van der Waals surface area contributed by atoms with Crippen LogP contribution in [0.2, 0.25) is 5.02 Å². The van der Waals surface area contributed by atoms with Crippen molar-refractivity contribution in [2.24, 2.45) is 0 Å². The van der Waals surface area contributed by atoms with Crippen LogP contribution in [0, 0.1) is 6.92 Å². The molecular weight excluding hydrogens is 492 g/mol. The first-order valence-electron chi connectivity index (χ1n) is 11.8. The van der Waals surface area contributed by atoms with Gasteiger partial charge in [0.1, 0.15) is 11.6 Å². The minimum Gasteiger partial charge on any atom is -0.495 e. The van der Waals surface area contributed by atoms with Crippen molar-refractivity contribution in [3.05, 3.63) is 93.5 Å². The number of anilines is 1. The molecule has 9 heteroatoms. The molecule has 1 aromatic heterocycles. The molecule has 0 radical (unpaired) electrons. The first-order chi connectivity index (χ1) is 17.8. The molecule has 4 aromatic rings. The molecule has 0 aliphatic rings. The zero-order valence-corrected chi connectivity index (χ0v) is 22.0. The average molecular weight is 521 g/mol. The van der Waals surface area contributed by atoms with Gasteiger partial charge >= 0.3 is 6.03 Å². The van der Waals surface area contributed by atoms with Gasteiger partial charge < -0.3 is 19.7 Å². The van der Waals surface area contributed by atoms with Crippen molar-refractivity contribution in [1.29, 1.82) is 0 Å². The summed E-state index contributed by atoms with van der Waals surface area (Å²) in [6, 6.07) is 18.6. The fraction of sp³-hybridized carbons (Fsp3) is 0.250. The zero-order valence-electron chi connectivity index (χ0n) is 21.2. The maximum Gasteiger partial charge on any atom is 0.322 e. The Kier molecular flexibility index (Phi) is 8.11. The van der Waals surface area contributed by atoms with E-state index in [1.165, 1.54) is 4.57 Å². The number of aryl methyl sites for hydroxylation is 1. The standard InChI is InChI=1S/C28H29ClN4O4/c1-18-9-14-25(37-4)24(17-18)33-26(31-23-8-6-5-7-22(23)27(33)34)19(2)32(15-16-36-3)28(35)30-21-12-10-20(29)11-13-21/h5-14,17,19H,15-16H2,1-4H3,(H,30,35). The number of hydrogen-bond acceptors (Lipinski definition) is 5. The molecule has 3 aromatic carbocycles. The quantitative estimate of drug-likeness (QED) is 0.327. The predicted octanol–water partition coefficient (Wildman–Crippen LogP) is 5.60. The van der Waals surface area contributed by atoms with Crippen molar-refractivity contribution in [3.63, 3.8) is 0 Å². The van der Waals surface area contributed by atoms with E-state index < -0.39 is 6.04 Å². The molecule has 0 aliphatic heterocycles. The van der Waals surface area contributed by atoms with Crippen molar-refractivity contribution in [2.45, 2.75) is 19.9 Å². The summed E-state index contributed by atoms with van der Waals surface area (Å²) < 4.78 is 12.4. The van der Waals surface area contributed by atoms with Crippen LogP contribution in [0.1, 0.15) is 24.4 Å². The molecule has 4 rings (SSSR count). The van der Waals surface area contributed by atoms with Gasteiger partial charge in [-0.05, 0) is 67.9 Å². The molecule has 0 spiro atoms. The summed E-state index contributed by atoms with van der Waals surface area (Å²) in [5.41, 5.74) is 2.39. The smallest absolute Gasteiger partial charge is 0.322 e. The monoisotopic (exact) mass is 520 g/mol. The van der Waals surface area contributed by atoms with Crippen LogP contribution >= 0.6 is 11.6 Å². The van der Waals surface area contributed by atoms with Crippen molar-refractivity contribution in [1.82, 2.24) is 14.5 Å². The van der Waals surface area contributed by atoms with Crippen LogP contribution in [-0.2, 0) is 4.74 Å². The Morgan fingerprint density at radius 1 is 1.11 bits per heavy atom. The number of benzene rings is 3. The highest BCUT2D eigenvalue weighted by Gasteiger charge is 2.28. The molecule has 8 nitrogen and oxygen atoms in total. The van der Waals surface area contributed by atoms with E-state index >= 15 is 0 Å². The van der Waals surface area contributed by atoms with E-state index in [-0.39, 0.29) is 18.1 Å². The highest BCUT2D eigenvalue weighted by molar-refractivity contribution is 6.30. The van der Waals surface area contributed by atoms with Crippen LogP contribution in [-0.4, -0.2) is 47.9 Å². The Morgan fingerprint density at radius 3 is 2.54 bits per heavy atom. The van der Waals surface area contributed by atoms with Crippen LogP contribution < -0.4 is 15.6 Å². The lowest BCUT2D eigenvalue weighted by Gasteiger charge is -2.30. The predicted molar refractivity (Wildman–Crippen MR) is 146 cm³/mol. The minimum atomic E-state index is -0.607. The van der Waals surface area contributed by atoms with Crippen LogP contribution in [0.15, 0.2) is 71.5 Å². The molecule has 2 amide bonds. The van der Waals surface area contributed by atoms with Crippen LogP contribution in [0.4, 0.5) is 10.5 Å². The number of urea groups is 1. The molecule has 0 fully saturated rings. The van der Waals surface area contributed by atoms with Gasteiger partial charge in [0.05, 0.1) is 36.3 Å². The first kappa shape index (κ1) is 26.2. The third-order valence-corrected chi connectivity index (χ3v) is 6.36. The maximum absolute atomic E-state index is 13.9. The number of amides is 2. The van der Waals surface area contributed by atoms with E-state index in [9.17, 15) is 9.59 Å². The van der Waals surface area contributed by atoms with E-state index in [4.69, 9.17) is 26.1 Å². The zero-order chi connectivity index (χ0) is 26.5. The average Bonchev–Trinajstić information content (AvgIpc) is 2.90. The Hall–Kier alpha value is -3.88. The third-order valence-electron chi connectivity index (χ3n) is 6.11. The lowest BCUT2D eigenvalue weighted by atomic mass is 10.1. The SMILES string of the molecule is COCCN(C(=O)Nc1ccc(Cl)cc1)C(C)c1nc2ccccc2c(=O)n1-c1cc(C)ccc1OC. The summed E-state index contributed by atoms with van der Waals surface area (Å²) in [4.78, 5) is 33.8. The van der Waals surface area contributed by atoms with Gasteiger partial charge in [-0.25, -0.2) is 9.78 Å². The minimum absolute atomic E-state index is 0.249. The summed E-state index contributed by atoms with van der Waals surface area (Å²) >= 11 is 5.99. The number of halogens is 1. The number of nitrogens with one attached hydrogen (secondary N) is 1. The summed E-state index contributed by atoms with van der Waals surface area (Å²) in [5, 5.41) is 3.94. The van der Waals surface area contributed by atoms with Gasteiger partial charge in [0.15, 0.2) is 0 Å². The third kappa shape index (κ3) is 5.60. The molecule has 0 saturated heterocycles. The molecular formula is C28H29ClN4O4. The number of fused-ring (bicyclic) bond motifs is 1. The number of aromatic nitrogens is 2. The Morgan fingerprint density at radius 2 is 1.84 bits per heavy atom. The second-order valence-electron chi connectivity index (χ2n) is 8.60. The number of rotatable bonds is 8. The highest BCUT2D eigenvalue weighted by atomic mass is 35.5. The van der Waals surface area contributed by atoms with Crippen LogP contribution in [0.3, 0.4) is 0 Å². The molecule has 1 atom stereocenters. The van der Waals surface area contributed by atoms with Gasteiger partial charge in [0, 0.05) is 24.4 Å². The number of para-hydroxylation sites is 1. The largest absolute Gasteiger partial charge is 0.495 e. The van der Waals surface area contributed by atoms with E-state index in [0.717, 1.165) is 5.56 Å². The van der Waals surface area contributed by atoms with Crippen molar-refractivity contribution in [2.75, 3.05) is 32.7 Å². The Labute approximate surface area is 220 Å². The number of methoxy groups -OCH3 is 2. The molecule has 1 unspecified atom stereocenters. The van der Waals surface area contributed by atoms with Gasteiger partial charge in [-0.2, -0.15) is 0 Å². The molecule has 1 N–H and O–H groups in total. The molecule has 0 aliphatic carbocycles. The second kappa shape index (κ2) is 11.5. The van der Waals surface area contributed by atoms with E-state index in [0.29, 0.717) is 45.5 Å². The highest BCUT2D eigenvalue weighted by Crippen LogP contribution is 2.29. The number of carbonyl (C=O) groups excluding carboxylic acids is 1. The molecule has 0 bridgehead atoms. The molecule has 192 valence electrons. The van der Waals surface area contributed by atoms with E-state index in [1.807, 2.05) is 38.1 Å². The first-order valence-corrected chi connectivity index (χ1v) is 12.2. The normalized spacial score (nSPS) is 11.8. The molecule has 1 heterocycles. The number of ether oxygens (including phenoxy) is 2. The fourth-order valence-electron chi connectivity index (χ4n) is 4.17. The van der Waals surface area contributed by atoms with Crippen molar-refractivity contribution >= 4 is 34.2 Å². The summed E-state index contributed by atoms with van der Waals surface area (Å²) in [5.74, 6) is 0.919. The van der Waals surface area contributed by atoms with Crippen molar-refractivity contribution in [3.8, 4) is 11.4 Å². The van der Waals surface area contributed by atoms with Gasteiger partial charge in [-0.3, -0.25) is 9.36 Å². The topological polar surface area (TPSA) is 85.7 Å². The summed E-state index contributed by atoms with van der Waals surface area (Å²) in [6.45, 7) is 4.34. The number of carbonyl (C=O) groups is 1. The fourth-order valence-corrected chi connectivity index (χ4v) is 4.29. The van der Waals surface area contributed by atoms with Gasteiger partial charge in [-0.15, -0.1) is 0 Å². The van der Waals surface area contributed by atoms with Gasteiger partial charge in [0.25, 0.3) is 5.56 Å². The van der Waals surface area contributed by atoms with Crippen LogP contribution in [0.5, 0.6) is 5.75 Å². The number of hydrogen-bond donors (Lipinski definition) is 1. The maximum atomic E-state index is 13.9. The lowest BCUT2D eigenvalue weighted by molar-refractivity contribution is 0.137. The van der Waals surface area contributed by atoms with Gasteiger partial charge in [0.2, 0.25) is 0 Å². The van der Waals surface area contributed by atoms with E-state index in [2.05, 4.69) is 5.32 Å².